The number of rotatable bonds is 4. The molecule has 0 saturated heterocycles. The molecule has 1 fully saturated rings. The molecule has 3 N–H and O–H groups in total. The number of carbonyl (C=O) groups is 1. The van der Waals surface area contributed by atoms with Gasteiger partial charge in [-0.3, -0.25) is 14.9 Å². The minimum absolute atomic E-state index is 0.0180. The highest BCUT2D eigenvalue weighted by molar-refractivity contribution is 5.79. The van der Waals surface area contributed by atoms with E-state index in [1.54, 1.807) is 12.1 Å². The highest BCUT2D eigenvalue weighted by Gasteiger charge is 2.27. The zero-order valence-corrected chi connectivity index (χ0v) is 11.2. The summed E-state index contributed by atoms with van der Waals surface area (Å²) in [5, 5.41) is 13.4. The van der Waals surface area contributed by atoms with Gasteiger partial charge in [-0.15, -0.1) is 0 Å². The smallest absolute Gasteiger partial charge is 0.269 e. The Kier molecular flexibility index (Phi) is 4.68. The van der Waals surface area contributed by atoms with Gasteiger partial charge in [-0.1, -0.05) is 25.0 Å². The lowest BCUT2D eigenvalue weighted by Gasteiger charge is -2.27. The lowest BCUT2D eigenvalue weighted by molar-refractivity contribution is -0.384. The van der Waals surface area contributed by atoms with Crippen molar-refractivity contribution in [2.75, 3.05) is 0 Å². The van der Waals surface area contributed by atoms with E-state index in [1.165, 1.54) is 12.1 Å². The molecule has 0 spiro atoms. The first-order valence-electron chi connectivity index (χ1n) is 6.84. The van der Waals surface area contributed by atoms with Crippen molar-refractivity contribution < 1.29 is 9.72 Å². The lowest BCUT2D eigenvalue weighted by atomic mass is 9.84. The molecule has 2 rings (SSSR count). The summed E-state index contributed by atoms with van der Waals surface area (Å²) in [6.45, 7) is 0.375. The van der Waals surface area contributed by atoms with Gasteiger partial charge in [0.25, 0.3) is 5.69 Å². The molecule has 1 amide bonds. The van der Waals surface area contributed by atoms with Crippen LogP contribution in [0.2, 0.25) is 0 Å². The first-order valence-corrected chi connectivity index (χ1v) is 6.84. The molecule has 0 aromatic heterocycles. The average Bonchev–Trinajstić information content (AvgIpc) is 2.45. The van der Waals surface area contributed by atoms with Gasteiger partial charge < -0.3 is 11.1 Å². The summed E-state index contributed by atoms with van der Waals surface area (Å²) in [5.74, 6) is -0.127. The first kappa shape index (κ1) is 14.5. The Morgan fingerprint density at radius 3 is 2.55 bits per heavy atom. The highest BCUT2D eigenvalue weighted by Crippen LogP contribution is 2.23. The molecule has 1 aromatic rings. The molecule has 0 aliphatic heterocycles. The van der Waals surface area contributed by atoms with E-state index in [9.17, 15) is 14.9 Å². The normalized spacial score (nSPS) is 22.2. The largest absolute Gasteiger partial charge is 0.352 e. The zero-order valence-electron chi connectivity index (χ0n) is 11.2. The van der Waals surface area contributed by atoms with Crippen LogP contribution < -0.4 is 11.1 Å². The predicted molar refractivity (Wildman–Crippen MR) is 74.9 cm³/mol. The standard InChI is InChI=1S/C14H19N3O3/c15-13-4-2-1-3-12(13)14(18)16-9-10-5-7-11(8-6-10)17(19)20/h5-8,12-13H,1-4,9,15H2,(H,16,18). The SMILES string of the molecule is NC1CCCCC1C(=O)NCc1ccc([N+](=O)[O-])cc1. The summed E-state index contributed by atoms with van der Waals surface area (Å²) in [5.41, 5.74) is 6.86. The number of nitro benzene ring substituents is 1. The van der Waals surface area contributed by atoms with Crippen molar-refractivity contribution in [1.82, 2.24) is 5.32 Å². The Bertz CT molecular complexity index is 487. The van der Waals surface area contributed by atoms with Crippen molar-refractivity contribution in [2.24, 2.45) is 11.7 Å². The van der Waals surface area contributed by atoms with Crippen LogP contribution in [0.5, 0.6) is 0 Å². The van der Waals surface area contributed by atoms with Gasteiger partial charge in [0.1, 0.15) is 0 Å². The average molecular weight is 277 g/mol. The molecule has 20 heavy (non-hydrogen) atoms. The summed E-state index contributed by atoms with van der Waals surface area (Å²) in [6.07, 6.45) is 3.87. The number of hydrogen-bond donors (Lipinski definition) is 2. The molecule has 0 radical (unpaired) electrons. The minimum Gasteiger partial charge on any atom is -0.352 e. The fraction of sp³-hybridized carbons (Fsp3) is 0.500. The molecule has 6 nitrogen and oxygen atoms in total. The minimum atomic E-state index is -0.441. The van der Waals surface area contributed by atoms with Crippen molar-refractivity contribution in [3.63, 3.8) is 0 Å². The fourth-order valence-electron chi connectivity index (χ4n) is 2.54. The van der Waals surface area contributed by atoms with Gasteiger partial charge in [-0.25, -0.2) is 0 Å². The number of hydrogen-bond acceptors (Lipinski definition) is 4. The van der Waals surface area contributed by atoms with Crippen LogP contribution in [-0.2, 0) is 11.3 Å². The van der Waals surface area contributed by atoms with Crippen LogP contribution in [0.4, 0.5) is 5.69 Å². The van der Waals surface area contributed by atoms with E-state index in [2.05, 4.69) is 5.32 Å². The summed E-state index contributed by atoms with van der Waals surface area (Å²) < 4.78 is 0. The molecule has 2 atom stereocenters. The van der Waals surface area contributed by atoms with Crippen LogP contribution in [0.15, 0.2) is 24.3 Å². The van der Waals surface area contributed by atoms with E-state index < -0.39 is 4.92 Å². The third kappa shape index (κ3) is 3.54. The molecule has 1 aliphatic rings. The molecular formula is C14H19N3O3. The van der Waals surface area contributed by atoms with Crippen molar-refractivity contribution >= 4 is 11.6 Å². The van der Waals surface area contributed by atoms with Crippen molar-refractivity contribution in [2.45, 2.75) is 38.3 Å². The van der Waals surface area contributed by atoms with E-state index >= 15 is 0 Å². The van der Waals surface area contributed by atoms with E-state index in [4.69, 9.17) is 5.73 Å². The monoisotopic (exact) mass is 277 g/mol. The Hall–Kier alpha value is -1.95. The van der Waals surface area contributed by atoms with Gasteiger partial charge >= 0.3 is 0 Å². The van der Waals surface area contributed by atoms with Crippen LogP contribution in [0, 0.1) is 16.0 Å². The number of non-ortho nitro benzene ring substituents is 1. The van der Waals surface area contributed by atoms with Gasteiger partial charge in [0.15, 0.2) is 0 Å². The molecule has 1 aromatic carbocycles. The molecular weight excluding hydrogens is 258 g/mol. The second kappa shape index (κ2) is 6.47. The van der Waals surface area contributed by atoms with E-state index in [1.807, 2.05) is 0 Å². The third-order valence-electron chi connectivity index (χ3n) is 3.77. The number of amides is 1. The summed E-state index contributed by atoms with van der Waals surface area (Å²) in [4.78, 5) is 22.2. The number of nitro groups is 1. The molecule has 6 heteroatoms. The summed E-state index contributed by atoms with van der Waals surface area (Å²) in [7, 11) is 0. The second-order valence-electron chi connectivity index (χ2n) is 5.20. The third-order valence-corrected chi connectivity index (χ3v) is 3.77. The topological polar surface area (TPSA) is 98.3 Å². The van der Waals surface area contributed by atoms with Gasteiger partial charge in [-0.05, 0) is 18.4 Å². The summed E-state index contributed by atoms with van der Waals surface area (Å²) in [6, 6.07) is 6.13. The number of carbonyl (C=O) groups excluding carboxylic acids is 1. The van der Waals surface area contributed by atoms with Gasteiger partial charge in [0.2, 0.25) is 5.91 Å². The van der Waals surface area contributed by atoms with Crippen LogP contribution in [0.25, 0.3) is 0 Å². The number of nitrogens with one attached hydrogen (secondary N) is 1. The maximum atomic E-state index is 12.1. The van der Waals surface area contributed by atoms with Crippen LogP contribution in [0.3, 0.4) is 0 Å². The Balaban J connectivity index is 1.88. The number of nitrogens with zero attached hydrogens (tertiary/aromatic N) is 1. The molecule has 1 saturated carbocycles. The Labute approximate surface area is 117 Å². The number of benzene rings is 1. The van der Waals surface area contributed by atoms with Crippen LogP contribution in [0.1, 0.15) is 31.2 Å². The highest BCUT2D eigenvalue weighted by atomic mass is 16.6. The maximum absolute atomic E-state index is 12.1. The van der Waals surface area contributed by atoms with Crippen molar-refractivity contribution in [1.29, 1.82) is 0 Å². The van der Waals surface area contributed by atoms with Crippen molar-refractivity contribution in [3.8, 4) is 0 Å². The Morgan fingerprint density at radius 1 is 1.30 bits per heavy atom. The van der Waals surface area contributed by atoms with Gasteiger partial charge in [0, 0.05) is 24.7 Å². The molecule has 1 aliphatic carbocycles. The first-order chi connectivity index (χ1) is 9.58. The Morgan fingerprint density at radius 2 is 1.95 bits per heavy atom. The summed E-state index contributed by atoms with van der Waals surface area (Å²) >= 11 is 0. The molecule has 0 heterocycles. The maximum Gasteiger partial charge on any atom is 0.269 e. The van der Waals surface area contributed by atoms with E-state index in [0.717, 1.165) is 31.2 Å². The zero-order chi connectivity index (χ0) is 14.5. The van der Waals surface area contributed by atoms with Gasteiger partial charge in [0.05, 0.1) is 10.8 Å². The predicted octanol–water partition coefficient (Wildman–Crippen LogP) is 1.73. The number of nitrogens with two attached hydrogens (primary N) is 1. The van der Waals surface area contributed by atoms with E-state index in [-0.39, 0.29) is 23.6 Å². The van der Waals surface area contributed by atoms with Crippen LogP contribution >= 0.6 is 0 Å². The molecule has 108 valence electrons. The van der Waals surface area contributed by atoms with Crippen LogP contribution in [-0.4, -0.2) is 16.9 Å². The second-order valence-corrected chi connectivity index (χ2v) is 5.20. The molecule has 2 unspecified atom stereocenters. The lowest BCUT2D eigenvalue weighted by Crippen LogP contribution is -2.43. The van der Waals surface area contributed by atoms with Gasteiger partial charge in [-0.2, -0.15) is 0 Å². The van der Waals surface area contributed by atoms with Crippen molar-refractivity contribution in [3.05, 3.63) is 39.9 Å². The fourth-order valence-corrected chi connectivity index (χ4v) is 2.54. The quantitative estimate of drug-likeness (QED) is 0.646. The molecule has 0 bridgehead atoms. The van der Waals surface area contributed by atoms with E-state index in [0.29, 0.717) is 6.54 Å².